The Balaban J connectivity index is 1.99. The molecule has 0 heterocycles. The highest BCUT2D eigenvalue weighted by Crippen LogP contribution is 2.28. The molecule has 0 bridgehead atoms. The molecule has 0 aliphatic rings. The number of benzene rings is 3. The van der Waals surface area contributed by atoms with Crippen molar-refractivity contribution in [1.82, 2.24) is 0 Å². The first-order valence-electron chi connectivity index (χ1n) is 7.08. The molecule has 21 heavy (non-hydrogen) atoms. The van der Waals surface area contributed by atoms with Crippen LogP contribution in [0.25, 0.3) is 10.8 Å². The third-order valence-corrected chi connectivity index (χ3v) is 4.47. The Morgan fingerprint density at radius 2 is 1.57 bits per heavy atom. The zero-order chi connectivity index (χ0) is 14.9. The van der Waals surface area contributed by atoms with Crippen LogP contribution in [0.5, 0.6) is 0 Å². The number of rotatable bonds is 3. The van der Waals surface area contributed by atoms with Crippen LogP contribution in [0.1, 0.15) is 18.1 Å². The van der Waals surface area contributed by atoms with Crippen molar-refractivity contribution in [2.24, 2.45) is 5.73 Å². The molecule has 0 aliphatic heterocycles. The standard InChI is InChI=1S/C19H18BrN/c1-19(21,16-9-11-17(20)12-10-16)13-15-7-4-6-14-5-2-3-8-18(14)15/h2-12H,13,21H2,1H3. The molecule has 0 aliphatic carbocycles. The lowest BCUT2D eigenvalue weighted by atomic mass is 9.85. The summed E-state index contributed by atoms with van der Waals surface area (Å²) in [5.74, 6) is 0. The average molecular weight is 340 g/mol. The molecule has 0 amide bonds. The van der Waals surface area contributed by atoms with Crippen LogP contribution >= 0.6 is 15.9 Å². The van der Waals surface area contributed by atoms with Gasteiger partial charge in [0, 0.05) is 10.0 Å². The molecule has 3 aromatic rings. The van der Waals surface area contributed by atoms with E-state index in [1.165, 1.54) is 16.3 Å². The van der Waals surface area contributed by atoms with E-state index < -0.39 is 0 Å². The van der Waals surface area contributed by atoms with Crippen LogP contribution in [0.4, 0.5) is 0 Å². The first-order valence-corrected chi connectivity index (χ1v) is 7.87. The van der Waals surface area contributed by atoms with Gasteiger partial charge in [-0.25, -0.2) is 0 Å². The molecular weight excluding hydrogens is 322 g/mol. The molecule has 3 aromatic carbocycles. The first kappa shape index (κ1) is 14.3. The maximum absolute atomic E-state index is 6.60. The summed E-state index contributed by atoms with van der Waals surface area (Å²) >= 11 is 3.47. The lowest BCUT2D eigenvalue weighted by Gasteiger charge is -2.26. The van der Waals surface area contributed by atoms with Gasteiger partial charge in [-0.05, 0) is 47.4 Å². The summed E-state index contributed by atoms with van der Waals surface area (Å²) in [6.07, 6.45) is 0.815. The second-order valence-corrected chi connectivity index (χ2v) is 6.66. The average Bonchev–Trinajstić information content (AvgIpc) is 2.48. The van der Waals surface area contributed by atoms with Crippen LogP contribution in [0, 0.1) is 0 Å². The maximum atomic E-state index is 6.60. The largest absolute Gasteiger partial charge is 0.321 e. The number of hydrogen-bond donors (Lipinski definition) is 1. The third kappa shape index (κ3) is 3.02. The molecule has 1 nitrogen and oxygen atoms in total. The van der Waals surface area contributed by atoms with E-state index in [0.717, 1.165) is 16.5 Å². The Bertz CT molecular complexity index is 755. The summed E-state index contributed by atoms with van der Waals surface area (Å²) in [6, 6.07) is 23.2. The molecule has 2 heteroatoms. The van der Waals surface area contributed by atoms with Gasteiger partial charge in [0.05, 0.1) is 0 Å². The van der Waals surface area contributed by atoms with Gasteiger partial charge in [-0.2, -0.15) is 0 Å². The fourth-order valence-electron chi connectivity index (χ4n) is 2.77. The summed E-state index contributed by atoms with van der Waals surface area (Å²) in [7, 11) is 0. The van der Waals surface area contributed by atoms with Crippen LogP contribution in [0.2, 0.25) is 0 Å². The molecule has 0 spiro atoms. The van der Waals surface area contributed by atoms with E-state index in [1.54, 1.807) is 0 Å². The highest BCUT2D eigenvalue weighted by atomic mass is 79.9. The fraction of sp³-hybridized carbons (Fsp3) is 0.158. The van der Waals surface area contributed by atoms with Crippen molar-refractivity contribution in [2.75, 3.05) is 0 Å². The van der Waals surface area contributed by atoms with E-state index in [0.29, 0.717) is 0 Å². The lowest BCUT2D eigenvalue weighted by Crippen LogP contribution is -2.35. The Labute approximate surface area is 133 Å². The van der Waals surface area contributed by atoms with E-state index >= 15 is 0 Å². The van der Waals surface area contributed by atoms with Crippen molar-refractivity contribution in [2.45, 2.75) is 18.9 Å². The van der Waals surface area contributed by atoms with Gasteiger partial charge in [0.15, 0.2) is 0 Å². The van der Waals surface area contributed by atoms with E-state index in [4.69, 9.17) is 5.73 Å². The van der Waals surface area contributed by atoms with Crippen molar-refractivity contribution in [3.63, 3.8) is 0 Å². The Hall–Kier alpha value is -1.64. The minimum Gasteiger partial charge on any atom is -0.321 e. The second kappa shape index (κ2) is 5.63. The summed E-state index contributed by atoms with van der Waals surface area (Å²) in [5.41, 5.74) is 8.66. The molecular formula is C19H18BrN. The van der Waals surface area contributed by atoms with Gasteiger partial charge in [0.25, 0.3) is 0 Å². The first-order chi connectivity index (χ1) is 10.1. The Kier molecular flexibility index (Phi) is 3.83. The van der Waals surface area contributed by atoms with Crippen molar-refractivity contribution in [3.8, 4) is 0 Å². The van der Waals surface area contributed by atoms with Gasteiger partial charge < -0.3 is 5.73 Å². The predicted molar refractivity (Wildman–Crippen MR) is 93.3 cm³/mol. The van der Waals surface area contributed by atoms with E-state index in [2.05, 4.69) is 77.5 Å². The van der Waals surface area contributed by atoms with Gasteiger partial charge in [-0.3, -0.25) is 0 Å². The minimum absolute atomic E-state index is 0.384. The Morgan fingerprint density at radius 1 is 0.905 bits per heavy atom. The van der Waals surface area contributed by atoms with Crippen LogP contribution in [-0.2, 0) is 12.0 Å². The summed E-state index contributed by atoms with van der Waals surface area (Å²) < 4.78 is 1.08. The molecule has 0 saturated carbocycles. The van der Waals surface area contributed by atoms with Crippen LogP contribution in [0.3, 0.4) is 0 Å². The topological polar surface area (TPSA) is 26.0 Å². The van der Waals surface area contributed by atoms with E-state index in [-0.39, 0.29) is 5.54 Å². The smallest absolute Gasteiger partial charge is 0.0422 e. The van der Waals surface area contributed by atoms with Gasteiger partial charge >= 0.3 is 0 Å². The molecule has 0 fully saturated rings. The van der Waals surface area contributed by atoms with Crippen molar-refractivity contribution in [1.29, 1.82) is 0 Å². The minimum atomic E-state index is -0.384. The molecule has 106 valence electrons. The molecule has 0 aromatic heterocycles. The van der Waals surface area contributed by atoms with E-state index in [1.807, 2.05) is 12.1 Å². The summed E-state index contributed by atoms with van der Waals surface area (Å²) in [5, 5.41) is 2.55. The molecule has 1 unspecified atom stereocenters. The third-order valence-electron chi connectivity index (χ3n) is 3.94. The quantitative estimate of drug-likeness (QED) is 0.712. The second-order valence-electron chi connectivity index (χ2n) is 5.74. The highest BCUT2D eigenvalue weighted by Gasteiger charge is 2.22. The Morgan fingerprint density at radius 3 is 2.33 bits per heavy atom. The van der Waals surface area contributed by atoms with Gasteiger partial charge in [-0.1, -0.05) is 70.5 Å². The molecule has 1 atom stereocenters. The zero-order valence-electron chi connectivity index (χ0n) is 12.0. The monoisotopic (exact) mass is 339 g/mol. The molecule has 2 N–H and O–H groups in total. The normalized spacial score (nSPS) is 14.0. The van der Waals surface area contributed by atoms with Gasteiger partial charge in [0.2, 0.25) is 0 Å². The van der Waals surface area contributed by atoms with E-state index in [9.17, 15) is 0 Å². The van der Waals surface area contributed by atoms with Crippen molar-refractivity contribution in [3.05, 3.63) is 82.3 Å². The van der Waals surface area contributed by atoms with Crippen molar-refractivity contribution < 1.29 is 0 Å². The van der Waals surface area contributed by atoms with Crippen LogP contribution in [-0.4, -0.2) is 0 Å². The van der Waals surface area contributed by atoms with Crippen LogP contribution < -0.4 is 5.73 Å². The molecule has 0 radical (unpaired) electrons. The predicted octanol–water partition coefficient (Wildman–Crippen LogP) is 5.02. The SMILES string of the molecule is CC(N)(Cc1cccc2ccccc12)c1ccc(Br)cc1. The molecule has 3 rings (SSSR count). The summed E-state index contributed by atoms with van der Waals surface area (Å²) in [4.78, 5) is 0. The van der Waals surface area contributed by atoms with Crippen molar-refractivity contribution >= 4 is 26.7 Å². The number of halogens is 1. The lowest BCUT2D eigenvalue weighted by molar-refractivity contribution is 0.493. The zero-order valence-corrected chi connectivity index (χ0v) is 13.6. The van der Waals surface area contributed by atoms with Gasteiger partial charge in [-0.15, -0.1) is 0 Å². The maximum Gasteiger partial charge on any atom is 0.0422 e. The number of fused-ring (bicyclic) bond motifs is 1. The van der Waals surface area contributed by atoms with Gasteiger partial charge in [0.1, 0.15) is 0 Å². The summed E-state index contributed by atoms with van der Waals surface area (Å²) in [6.45, 7) is 2.10. The van der Waals surface area contributed by atoms with Crippen LogP contribution in [0.15, 0.2) is 71.2 Å². The number of hydrogen-bond acceptors (Lipinski definition) is 1. The molecule has 0 saturated heterocycles. The highest BCUT2D eigenvalue weighted by molar-refractivity contribution is 9.10. The number of nitrogens with two attached hydrogens (primary N) is 1. The fourth-order valence-corrected chi connectivity index (χ4v) is 3.04.